The number of carbonyl (C=O) groups excluding carboxylic acids is 1. The first kappa shape index (κ1) is 20.1. The van der Waals surface area contributed by atoms with Crippen LogP contribution < -0.4 is 10.1 Å². The Morgan fingerprint density at radius 3 is 2.52 bits per heavy atom. The van der Waals surface area contributed by atoms with E-state index in [0.29, 0.717) is 11.3 Å². The fourth-order valence-corrected chi connectivity index (χ4v) is 4.27. The molecule has 1 spiro atoms. The number of rotatable bonds is 6. The summed E-state index contributed by atoms with van der Waals surface area (Å²) in [5, 5.41) is 3.41. The van der Waals surface area contributed by atoms with Crippen LogP contribution in [0.4, 0.5) is 0 Å². The summed E-state index contributed by atoms with van der Waals surface area (Å²) in [5.41, 5.74) is 1.57. The molecule has 1 aliphatic heterocycles. The number of piperidine rings is 1. The minimum atomic E-state index is 0. The lowest BCUT2D eigenvalue weighted by molar-refractivity contribution is -0.135. The molecule has 0 aromatic heterocycles. The molecule has 25 heavy (non-hydrogen) atoms. The molecule has 2 fully saturated rings. The first-order chi connectivity index (χ1) is 11.6. The molecule has 1 heterocycles. The predicted molar refractivity (Wildman–Crippen MR) is 103 cm³/mol. The standard InChI is InChI=1S/C20H30N2O2.ClH/c1-4-22(15(2)13-16-5-7-17(24-3)8-6-16)19(23)18-14-20(18)9-11-21-12-10-20;/h5-8,15,18,21H,4,9-14H2,1-3H3;1H. The number of ether oxygens (including phenoxy) is 1. The number of nitrogens with one attached hydrogen (secondary N) is 1. The lowest BCUT2D eigenvalue weighted by Crippen LogP contribution is -2.42. The Balaban J connectivity index is 0.00000225. The van der Waals surface area contributed by atoms with Crippen molar-refractivity contribution in [1.82, 2.24) is 10.2 Å². The molecule has 1 aliphatic carbocycles. The Labute approximate surface area is 157 Å². The number of benzene rings is 1. The molecule has 1 aromatic rings. The molecule has 2 atom stereocenters. The zero-order valence-electron chi connectivity index (χ0n) is 15.6. The van der Waals surface area contributed by atoms with Crippen LogP contribution in [0.1, 0.15) is 38.7 Å². The van der Waals surface area contributed by atoms with Crippen LogP contribution in [0.25, 0.3) is 0 Å². The van der Waals surface area contributed by atoms with Crippen LogP contribution >= 0.6 is 12.4 Å². The molecule has 1 amide bonds. The highest BCUT2D eigenvalue weighted by atomic mass is 35.5. The third-order valence-electron chi connectivity index (χ3n) is 5.93. The van der Waals surface area contributed by atoms with Crippen molar-refractivity contribution in [2.75, 3.05) is 26.7 Å². The number of halogens is 1. The van der Waals surface area contributed by atoms with Gasteiger partial charge in [0.1, 0.15) is 5.75 Å². The summed E-state index contributed by atoms with van der Waals surface area (Å²) >= 11 is 0. The van der Waals surface area contributed by atoms with E-state index in [4.69, 9.17) is 4.74 Å². The summed E-state index contributed by atoms with van der Waals surface area (Å²) in [5.74, 6) is 1.51. The van der Waals surface area contributed by atoms with Crippen molar-refractivity contribution in [3.63, 3.8) is 0 Å². The monoisotopic (exact) mass is 366 g/mol. The van der Waals surface area contributed by atoms with Gasteiger partial charge >= 0.3 is 0 Å². The number of hydrogen-bond donors (Lipinski definition) is 1. The second kappa shape index (κ2) is 8.41. The van der Waals surface area contributed by atoms with Crippen LogP contribution in [-0.2, 0) is 11.2 Å². The van der Waals surface area contributed by atoms with Crippen molar-refractivity contribution in [3.8, 4) is 5.75 Å². The normalized spacial score (nSPS) is 22.0. The van der Waals surface area contributed by atoms with E-state index in [1.807, 2.05) is 12.1 Å². The van der Waals surface area contributed by atoms with E-state index in [2.05, 4.69) is 36.2 Å². The van der Waals surface area contributed by atoms with E-state index in [9.17, 15) is 4.79 Å². The maximum atomic E-state index is 13.0. The lowest BCUT2D eigenvalue weighted by Gasteiger charge is -2.30. The first-order valence-corrected chi connectivity index (χ1v) is 9.24. The molecule has 1 saturated heterocycles. The predicted octanol–water partition coefficient (Wildman–Crippen LogP) is 3.29. The number of methoxy groups -OCH3 is 1. The third-order valence-corrected chi connectivity index (χ3v) is 5.93. The van der Waals surface area contributed by atoms with Crippen molar-refractivity contribution >= 4 is 18.3 Å². The van der Waals surface area contributed by atoms with Gasteiger partial charge in [-0.05, 0) is 75.7 Å². The number of carbonyl (C=O) groups is 1. The molecule has 2 aliphatic rings. The Kier molecular flexibility index (Phi) is 6.75. The van der Waals surface area contributed by atoms with Crippen LogP contribution in [0.5, 0.6) is 5.75 Å². The van der Waals surface area contributed by atoms with Crippen LogP contribution in [0.3, 0.4) is 0 Å². The zero-order valence-corrected chi connectivity index (χ0v) is 16.4. The highest BCUT2D eigenvalue weighted by molar-refractivity contribution is 5.85. The van der Waals surface area contributed by atoms with Crippen molar-refractivity contribution < 1.29 is 9.53 Å². The van der Waals surface area contributed by atoms with Gasteiger partial charge in [-0.1, -0.05) is 12.1 Å². The Morgan fingerprint density at radius 2 is 1.96 bits per heavy atom. The largest absolute Gasteiger partial charge is 0.497 e. The molecular weight excluding hydrogens is 336 g/mol. The third kappa shape index (κ3) is 4.29. The first-order valence-electron chi connectivity index (χ1n) is 9.24. The fraction of sp³-hybridized carbons (Fsp3) is 0.650. The maximum absolute atomic E-state index is 13.0. The van der Waals surface area contributed by atoms with Gasteiger partial charge in [-0.15, -0.1) is 12.4 Å². The van der Waals surface area contributed by atoms with Gasteiger partial charge in [-0.25, -0.2) is 0 Å². The van der Waals surface area contributed by atoms with Crippen LogP contribution in [0, 0.1) is 11.3 Å². The minimum Gasteiger partial charge on any atom is -0.497 e. The smallest absolute Gasteiger partial charge is 0.226 e. The van der Waals surface area contributed by atoms with Crippen LogP contribution in [0.2, 0.25) is 0 Å². The van der Waals surface area contributed by atoms with Gasteiger partial charge in [-0.3, -0.25) is 4.79 Å². The van der Waals surface area contributed by atoms with E-state index in [-0.39, 0.29) is 24.4 Å². The minimum absolute atomic E-state index is 0. The van der Waals surface area contributed by atoms with Gasteiger partial charge in [0.2, 0.25) is 5.91 Å². The van der Waals surface area contributed by atoms with Gasteiger partial charge in [0.15, 0.2) is 0 Å². The Bertz CT molecular complexity index is 570. The molecule has 5 heteroatoms. The van der Waals surface area contributed by atoms with Gasteiger partial charge in [0.25, 0.3) is 0 Å². The summed E-state index contributed by atoms with van der Waals surface area (Å²) in [6.07, 6.45) is 4.31. The van der Waals surface area contributed by atoms with Crippen LogP contribution in [0.15, 0.2) is 24.3 Å². The molecule has 1 aromatic carbocycles. The second-order valence-corrected chi connectivity index (χ2v) is 7.39. The number of likely N-dealkylation sites (N-methyl/N-ethyl adjacent to an activating group) is 1. The SMILES string of the molecule is CCN(C(=O)C1CC12CCNCC2)C(C)Cc1ccc(OC)cc1.Cl. The van der Waals surface area contributed by atoms with E-state index >= 15 is 0 Å². The summed E-state index contributed by atoms with van der Waals surface area (Å²) in [7, 11) is 1.68. The van der Waals surface area contributed by atoms with Crippen molar-refractivity contribution in [1.29, 1.82) is 0 Å². The zero-order chi connectivity index (χ0) is 17.2. The fourth-order valence-electron chi connectivity index (χ4n) is 4.27. The van der Waals surface area contributed by atoms with Crippen LogP contribution in [-0.4, -0.2) is 43.6 Å². The van der Waals surface area contributed by atoms with Gasteiger partial charge in [0.05, 0.1) is 7.11 Å². The molecular formula is C20H31ClN2O2. The second-order valence-electron chi connectivity index (χ2n) is 7.39. The Morgan fingerprint density at radius 1 is 1.32 bits per heavy atom. The summed E-state index contributed by atoms with van der Waals surface area (Å²) < 4.78 is 5.21. The number of nitrogens with zero attached hydrogens (tertiary/aromatic N) is 1. The van der Waals surface area contributed by atoms with Crippen molar-refractivity contribution in [2.24, 2.45) is 11.3 Å². The van der Waals surface area contributed by atoms with Gasteiger partial charge in [0, 0.05) is 18.5 Å². The quantitative estimate of drug-likeness (QED) is 0.840. The average Bonchev–Trinajstić information content (AvgIpc) is 3.29. The topological polar surface area (TPSA) is 41.6 Å². The molecule has 0 bridgehead atoms. The van der Waals surface area contributed by atoms with E-state index in [1.54, 1.807) is 7.11 Å². The molecule has 2 unspecified atom stereocenters. The van der Waals surface area contributed by atoms with E-state index < -0.39 is 0 Å². The van der Waals surface area contributed by atoms with E-state index in [1.165, 1.54) is 5.56 Å². The van der Waals surface area contributed by atoms with E-state index in [0.717, 1.165) is 51.1 Å². The van der Waals surface area contributed by atoms with Gasteiger partial charge in [-0.2, -0.15) is 0 Å². The van der Waals surface area contributed by atoms with Crippen molar-refractivity contribution in [2.45, 2.75) is 45.6 Å². The molecule has 3 rings (SSSR count). The maximum Gasteiger partial charge on any atom is 0.226 e. The van der Waals surface area contributed by atoms with Gasteiger partial charge < -0.3 is 15.0 Å². The molecule has 0 radical (unpaired) electrons. The highest BCUT2D eigenvalue weighted by Crippen LogP contribution is 2.59. The number of amides is 1. The molecule has 140 valence electrons. The summed E-state index contributed by atoms with van der Waals surface area (Å²) in [6, 6.07) is 8.41. The summed E-state index contributed by atoms with van der Waals surface area (Å²) in [4.78, 5) is 15.1. The molecule has 4 nitrogen and oxygen atoms in total. The van der Waals surface area contributed by atoms with Crippen molar-refractivity contribution in [3.05, 3.63) is 29.8 Å². The molecule has 1 N–H and O–H groups in total. The summed E-state index contributed by atoms with van der Waals surface area (Å²) in [6.45, 7) is 7.19. The highest BCUT2D eigenvalue weighted by Gasteiger charge is 2.58. The number of hydrogen-bond acceptors (Lipinski definition) is 3. The average molecular weight is 367 g/mol. The Hall–Kier alpha value is -1.26. The lowest BCUT2D eigenvalue weighted by atomic mass is 9.91. The molecule has 1 saturated carbocycles.